The molecule has 4 heterocycles. The van der Waals surface area contributed by atoms with Gasteiger partial charge in [0.15, 0.2) is 0 Å². The third-order valence-electron chi connectivity index (χ3n) is 6.49. The van der Waals surface area contributed by atoms with Crippen LogP contribution in [0.25, 0.3) is 0 Å². The second kappa shape index (κ2) is 7.62. The molecule has 3 aliphatic rings. The molecule has 26 heavy (non-hydrogen) atoms. The summed E-state index contributed by atoms with van der Waals surface area (Å²) in [6, 6.07) is 4.26. The fourth-order valence-electron chi connectivity index (χ4n) is 4.89. The number of rotatable bonds is 3. The van der Waals surface area contributed by atoms with E-state index in [0.717, 1.165) is 64.3 Å². The number of likely N-dealkylation sites (tertiary alicyclic amines) is 2. The summed E-state index contributed by atoms with van der Waals surface area (Å²) >= 11 is 0. The zero-order valence-electron chi connectivity index (χ0n) is 15.8. The first-order valence-electron chi connectivity index (χ1n) is 9.85. The summed E-state index contributed by atoms with van der Waals surface area (Å²) in [5.41, 5.74) is 1.14. The van der Waals surface area contributed by atoms with E-state index in [9.17, 15) is 4.79 Å². The van der Waals surface area contributed by atoms with Crippen LogP contribution in [0.1, 0.15) is 29.6 Å². The molecular weight excluding hydrogens is 328 g/mol. The molecule has 1 aromatic heterocycles. The lowest BCUT2D eigenvalue weighted by Gasteiger charge is -2.39. The summed E-state index contributed by atoms with van der Waals surface area (Å²) < 4.78 is 5.47. The van der Waals surface area contributed by atoms with E-state index in [-0.39, 0.29) is 5.91 Å². The Labute approximate surface area is 156 Å². The number of nitrogens with zero attached hydrogens (tertiary/aromatic N) is 4. The van der Waals surface area contributed by atoms with Crippen molar-refractivity contribution < 1.29 is 9.53 Å². The third kappa shape index (κ3) is 3.77. The highest BCUT2D eigenvalue weighted by atomic mass is 16.5. The van der Waals surface area contributed by atoms with Crippen LogP contribution in [-0.2, 0) is 4.74 Å². The lowest BCUT2D eigenvalue weighted by atomic mass is 9.76. The van der Waals surface area contributed by atoms with E-state index in [4.69, 9.17) is 4.74 Å². The average molecular weight is 358 g/mol. The molecule has 4 rings (SSSR count). The SMILES string of the molecule is CN1CC2(CCN(C(=O)c3ccncc3)CC2)CC1CN1CCOCC1. The molecule has 1 aromatic rings. The Kier molecular flexibility index (Phi) is 5.25. The van der Waals surface area contributed by atoms with Crippen LogP contribution in [0.5, 0.6) is 0 Å². The van der Waals surface area contributed by atoms with Gasteiger partial charge in [-0.15, -0.1) is 0 Å². The molecule has 0 aliphatic carbocycles. The summed E-state index contributed by atoms with van der Waals surface area (Å²) in [7, 11) is 2.27. The second-order valence-electron chi connectivity index (χ2n) is 8.21. The van der Waals surface area contributed by atoms with Crippen molar-refractivity contribution in [2.45, 2.75) is 25.3 Å². The monoisotopic (exact) mass is 358 g/mol. The second-order valence-corrected chi connectivity index (χ2v) is 8.21. The van der Waals surface area contributed by atoms with Gasteiger partial charge < -0.3 is 14.5 Å². The van der Waals surface area contributed by atoms with Crippen molar-refractivity contribution in [2.24, 2.45) is 5.41 Å². The maximum Gasteiger partial charge on any atom is 0.253 e. The minimum absolute atomic E-state index is 0.151. The van der Waals surface area contributed by atoms with Crippen LogP contribution >= 0.6 is 0 Å². The van der Waals surface area contributed by atoms with Crippen molar-refractivity contribution in [2.75, 3.05) is 59.5 Å². The zero-order valence-corrected chi connectivity index (χ0v) is 15.8. The van der Waals surface area contributed by atoms with Crippen molar-refractivity contribution in [3.8, 4) is 0 Å². The van der Waals surface area contributed by atoms with Crippen molar-refractivity contribution >= 4 is 5.91 Å². The number of carbonyl (C=O) groups is 1. The summed E-state index contributed by atoms with van der Waals surface area (Å²) in [5, 5.41) is 0. The molecule has 0 saturated carbocycles. The van der Waals surface area contributed by atoms with Crippen LogP contribution in [0, 0.1) is 5.41 Å². The molecule has 1 unspecified atom stereocenters. The van der Waals surface area contributed by atoms with Gasteiger partial charge in [0, 0.05) is 63.3 Å². The Hall–Kier alpha value is -1.50. The van der Waals surface area contributed by atoms with Crippen LogP contribution in [0.4, 0.5) is 0 Å². The largest absolute Gasteiger partial charge is 0.379 e. The van der Waals surface area contributed by atoms with Gasteiger partial charge in [0.2, 0.25) is 0 Å². The Bertz CT molecular complexity index is 609. The van der Waals surface area contributed by atoms with Gasteiger partial charge in [-0.3, -0.25) is 14.7 Å². The van der Waals surface area contributed by atoms with Crippen LogP contribution in [0.2, 0.25) is 0 Å². The highest BCUT2D eigenvalue weighted by Crippen LogP contribution is 2.43. The fraction of sp³-hybridized carbons (Fsp3) is 0.700. The number of amides is 1. The fourth-order valence-corrected chi connectivity index (χ4v) is 4.89. The van der Waals surface area contributed by atoms with E-state index in [1.54, 1.807) is 12.4 Å². The maximum absolute atomic E-state index is 12.7. The smallest absolute Gasteiger partial charge is 0.253 e. The molecule has 3 saturated heterocycles. The maximum atomic E-state index is 12.7. The minimum atomic E-state index is 0.151. The normalized spacial score (nSPS) is 27.1. The number of morpholine rings is 1. The molecule has 142 valence electrons. The lowest BCUT2D eigenvalue weighted by Crippen LogP contribution is -2.44. The van der Waals surface area contributed by atoms with Crippen LogP contribution in [0.3, 0.4) is 0 Å². The minimum Gasteiger partial charge on any atom is -0.379 e. The van der Waals surface area contributed by atoms with Gasteiger partial charge in [-0.05, 0) is 43.9 Å². The Morgan fingerprint density at radius 1 is 1.19 bits per heavy atom. The van der Waals surface area contributed by atoms with Gasteiger partial charge in [-0.25, -0.2) is 0 Å². The van der Waals surface area contributed by atoms with E-state index in [1.165, 1.54) is 13.0 Å². The quantitative estimate of drug-likeness (QED) is 0.816. The number of pyridine rings is 1. The lowest BCUT2D eigenvalue weighted by molar-refractivity contribution is 0.0283. The molecule has 6 heteroatoms. The molecule has 6 nitrogen and oxygen atoms in total. The van der Waals surface area contributed by atoms with Crippen molar-refractivity contribution in [1.82, 2.24) is 19.7 Å². The molecule has 1 atom stereocenters. The van der Waals surface area contributed by atoms with Crippen molar-refractivity contribution in [1.29, 1.82) is 0 Å². The molecule has 0 aromatic carbocycles. The van der Waals surface area contributed by atoms with E-state index >= 15 is 0 Å². The number of carbonyl (C=O) groups excluding carboxylic acids is 1. The number of hydrogen-bond acceptors (Lipinski definition) is 5. The van der Waals surface area contributed by atoms with E-state index in [1.807, 2.05) is 17.0 Å². The Balaban J connectivity index is 1.33. The van der Waals surface area contributed by atoms with Gasteiger partial charge in [0.05, 0.1) is 13.2 Å². The summed E-state index contributed by atoms with van der Waals surface area (Å²) in [4.78, 5) is 23.8. The molecule has 0 radical (unpaired) electrons. The molecule has 1 spiro atoms. The Morgan fingerprint density at radius 2 is 1.88 bits per heavy atom. The number of piperidine rings is 1. The summed E-state index contributed by atoms with van der Waals surface area (Å²) in [6.07, 6.45) is 6.89. The van der Waals surface area contributed by atoms with Crippen molar-refractivity contribution in [3.63, 3.8) is 0 Å². The van der Waals surface area contributed by atoms with Gasteiger partial charge in [-0.1, -0.05) is 0 Å². The average Bonchev–Trinajstić information content (AvgIpc) is 2.98. The third-order valence-corrected chi connectivity index (χ3v) is 6.49. The van der Waals surface area contributed by atoms with Gasteiger partial charge in [-0.2, -0.15) is 0 Å². The van der Waals surface area contributed by atoms with Gasteiger partial charge in [0.1, 0.15) is 0 Å². The molecule has 3 aliphatic heterocycles. The highest BCUT2D eigenvalue weighted by Gasteiger charge is 2.45. The van der Waals surface area contributed by atoms with Crippen molar-refractivity contribution in [3.05, 3.63) is 30.1 Å². The first-order valence-corrected chi connectivity index (χ1v) is 9.85. The molecule has 3 fully saturated rings. The number of likely N-dealkylation sites (N-methyl/N-ethyl adjacent to an activating group) is 1. The summed E-state index contributed by atoms with van der Waals surface area (Å²) in [6.45, 7) is 7.93. The first-order chi connectivity index (χ1) is 12.7. The van der Waals surface area contributed by atoms with Crippen LogP contribution in [0.15, 0.2) is 24.5 Å². The number of hydrogen-bond donors (Lipinski definition) is 0. The van der Waals surface area contributed by atoms with Crippen LogP contribution < -0.4 is 0 Å². The van der Waals surface area contributed by atoms with E-state index in [0.29, 0.717) is 11.5 Å². The highest BCUT2D eigenvalue weighted by molar-refractivity contribution is 5.94. The summed E-state index contributed by atoms with van der Waals surface area (Å²) in [5.74, 6) is 0.151. The van der Waals surface area contributed by atoms with E-state index < -0.39 is 0 Å². The molecule has 0 N–H and O–H groups in total. The predicted octanol–water partition coefficient (Wildman–Crippen LogP) is 1.34. The van der Waals surface area contributed by atoms with E-state index in [2.05, 4.69) is 21.8 Å². The standard InChI is InChI=1S/C20H30N4O2/c1-22-16-20(14-18(22)15-23-10-12-26-13-11-23)4-8-24(9-5-20)19(25)17-2-6-21-7-3-17/h2-3,6-7,18H,4-5,8-16H2,1H3. The van der Waals surface area contributed by atoms with Gasteiger partial charge in [0.25, 0.3) is 5.91 Å². The van der Waals surface area contributed by atoms with Gasteiger partial charge >= 0.3 is 0 Å². The zero-order chi connectivity index (χ0) is 18.0. The number of aromatic nitrogens is 1. The predicted molar refractivity (Wildman–Crippen MR) is 100 cm³/mol. The first kappa shape index (κ1) is 17.9. The molecule has 0 bridgehead atoms. The topological polar surface area (TPSA) is 48.9 Å². The van der Waals surface area contributed by atoms with Crippen LogP contribution in [-0.4, -0.2) is 91.2 Å². The number of ether oxygens (including phenoxy) is 1. The Morgan fingerprint density at radius 3 is 2.58 bits per heavy atom. The molecular formula is C20H30N4O2. The molecule has 1 amide bonds.